The predicted molar refractivity (Wildman–Crippen MR) is 227 cm³/mol. The van der Waals surface area contributed by atoms with Crippen molar-refractivity contribution >= 4 is 68.5 Å². The first-order valence-electron chi connectivity index (χ1n) is 18.9. The van der Waals surface area contributed by atoms with E-state index >= 15 is 0 Å². The number of ketones is 1. The van der Waals surface area contributed by atoms with E-state index in [-0.39, 0.29) is 29.6 Å². The molecule has 2 fully saturated rings. The standard InChI is InChI=1S/C43H52N3O6PSi2/c1-31(52-55(5,6)7)39-37(29-38(47)33-25-23-32(24-26-33)30-44-27-28-45(43(44)51)54(2,3)4)46(40(39)48)41(42(49)50)53(34-17-11-8-12-18-34,35-19-13-9-14-20-35)36-21-15-10-16-22-36/h8-26,31,37,39H,27-30H2,1-7H3,(H,49,50)/t31-,37-,39-/m1/s1. The highest BCUT2D eigenvalue weighted by molar-refractivity contribution is 7.96. The second-order valence-corrected chi connectivity index (χ2v) is 29.1. The number of amides is 3. The number of aliphatic carboxylic acids is 1. The number of carbonyl (C=O) groups excluding carboxylic acids is 3. The van der Waals surface area contributed by atoms with Gasteiger partial charge in [0.25, 0.3) is 0 Å². The molecule has 4 aromatic rings. The fourth-order valence-corrected chi connectivity index (χ4v) is 15.1. The quantitative estimate of drug-likeness (QED) is 0.0667. The van der Waals surface area contributed by atoms with Crippen LogP contribution in [-0.4, -0.2) is 90.4 Å². The molecule has 9 nitrogen and oxygen atoms in total. The molecule has 2 heterocycles. The van der Waals surface area contributed by atoms with Gasteiger partial charge in [0.1, 0.15) is 5.42 Å². The van der Waals surface area contributed by atoms with E-state index in [0.29, 0.717) is 18.7 Å². The van der Waals surface area contributed by atoms with E-state index in [9.17, 15) is 24.3 Å². The summed E-state index contributed by atoms with van der Waals surface area (Å²) in [7, 11) is -3.92. The Bertz CT molecular complexity index is 2000. The van der Waals surface area contributed by atoms with Gasteiger partial charge in [-0.2, -0.15) is 0 Å². The number of carboxylic acids is 1. The van der Waals surface area contributed by atoms with Crippen LogP contribution in [0.2, 0.25) is 39.3 Å². The van der Waals surface area contributed by atoms with Gasteiger partial charge in [0.05, 0.1) is 18.1 Å². The average Bonchev–Trinajstić information content (AvgIpc) is 3.52. The number of Topliss-reactive ketones (excluding diaryl/α,β-unsaturated/α-hetero) is 1. The van der Waals surface area contributed by atoms with Crippen LogP contribution in [0.25, 0.3) is 0 Å². The number of carboxylic acid groups (broad SMARTS) is 1. The number of benzene rings is 4. The molecular weight excluding hydrogens is 742 g/mol. The minimum absolute atomic E-state index is 0.0201. The third-order valence-corrected chi connectivity index (χ3v) is 17.8. The average molecular weight is 794 g/mol. The van der Waals surface area contributed by atoms with Gasteiger partial charge in [0.15, 0.2) is 22.3 Å². The van der Waals surface area contributed by atoms with Crippen LogP contribution in [0.5, 0.6) is 0 Å². The minimum Gasteiger partial charge on any atom is -0.477 e. The predicted octanol–water partition coefficient (Wildman–Crippen LogP) is 6.61. The monoisotopic (exact) mass is 793 g/mol. The summed E-state index contributed by atoms with van der Waals surface area (Å²) in [5.41, 5.74) is 1.36. The summed E-state index contributed by atoms with van der Waals surface area (Å²) in [6.07, 6.45) is -0.614. The molecule has 0 unspecified atom stereocenters. The number of rotatable bonds is 14. The van der Waals surface area contributed by atoms with Crippen molar-refractivity contribution in [2.45, 2.75) is 71.3 Å². The lowest BCUT2D eigenvalue weighted by atomic mass is 9.79. The largest absolute Gasteiger partial charge is 0.477 e. The van der Waals surface area contributed by atoms with Crippen LogP contribution in [0, 0.1) is 5.92 Å². The van der Waals surface area contributed by atoms with E-state index in [2.05, 4.69) is 39.3 Å². The first-order chi connectivity index (χ1) is 26.0. The lowest BCUT2D eigenvalue weighted by Crippen LogP contribution is -2.69. The van der Waals surface area contributed by atoms with Crippen LogP contribution in [0.15, 0.2) is 115 Å². The summed E-state index contributed by atoms with van der Waals surface area (Å²) in [5, 5.41) is 13.8. The van der Waals surface area contributed by atoms with Crippen molar-refractivity contribution in [3.8, 4) is 0 Å². The molecule has 3 amide bonds. The normalized spacial score (nSPS) is 18.3. The Morgan fingerprint density at radius 2 is 1.25 bits per heavy atom. The van der Waals surface area contributed by atoms with E-state index < -0.39 is 47.5 Å². The molecule has 0 spiro atoms. The van der Waals surface area contributed by atoms with E-state index in [0.717, 1.165) is 28.0 Å². The maximum atomic E-state index is 14.7. The fraction of sp³-hybridized carbons (Fsp3) is 0.326. The number of β-lactam (4-membered cyclic amide) rings is 1. The molecular formula is C43H52N3O6PSi2. The Morgan fingerprint density at radius 3 is 1.67 bits per heavy atom. The molecule has 0 aromatic heterocycles. The molecule has 3 atom stereocenters. The molecule has 2 saturated heterocycles. The molecule has 288 valence electrons. The lowest BCUT2D eigenvalue weighted by molar-refractivity contribution is -0.155. The number of hydrogen-bond acceptors (Lipinski definition) is 5. The van der Waals surface area contributed by atoms with Gasteiger partial charge < -0.3 is 23.9 Å². The van der Waals surface area contributed by atoms with Crippen LogP contribution in [0.3, 0.4) is 0 Å². The molecule has 4 aromatic carbocycles. The minimum atomic E-state index is -3.22. The number of likely N-dealkylation sites (tertiary alicyclic amines) is 1. The van der Waals surface area contributed by atoms with Crippen molar-refractivity contribution < 1.29 is 28.7 Å². The van der Waals surface area contributed by atoms with Crippen molar-refractivity contribution in [3.05, 3.63) is 126 Å². The van der Waals surface area contributed by atoms with Gasteiger partial charge in [-0.05, 0) is 48.0 Å². The zero-order valence-electron chi connectivity index (χ0n) is 32.8. The van der Waals surface area contributed by atoms with Crippen molar-refractivity contribution in [3.63, 3.8) is 0 Å². The second kappa shape index (κ2) is 15.9. The highest BCUT2D eigenvalue weighted by Gasteiger charge is 2.56. The van der Waals surface area contributed by atoms with Crippen molar-refractivity contribution in [1.29, 1.82) is 0 Å². The topological polar surface area (TPSA) is 107 Å². The molecule has 6 rings (SSSR count). The number of nitrogens with zero attached hydrogens (tertiary/aromatic N) is 3. The first-order valence-corrected chi connectivity index (χ1v) is 27.5. The number of hydrogen-bond donors (Lipinski definition) is 1. The zero-order valence-corrected chi connectivity index (χ0v) is 35.7. The van der Waals surface area contributed by atoms with Crippen molar-refractivity contribution in [1.82, 2.24) is 14.4 Å². The third kappa shape index (κ3) is 8.07. The maximum absolute atomic E-state index is 14.7. The van der Waals surface area contributed by atoms with Crippen LogP contribution in [0.4, 0.5) is 4.79 Å². The molecule has 0 saturated carbocycles. The Morgan fingerprint density at radius 1 is 0.764 bits per heavy atom. The van der Waals surface area contributed by atoms with Gasteiger partial charge in [-0.25, -0.2) is 9.59 Å². The highest BCUT2D eigenvalue weighted by atomic mass is 31.2. The second-order valence-electron chi connectivity index (χ2n) is 16.4. The summed E-state index contributed by atoms with van der Waals surface area (Å²) in [6.45, 7) is 13.1. The highest BCUT2D eigenvalue weighted by Crippen LogP contribution is 2.50. The van der Waals surface area contributed by atoms with Gasteiger partial charge in [0, 0.05) is 38.5 Å². The number of carbonyl (C=O) groups is 4. The molecule has 2 aliphatic rings. The van der Waals surface area contributed by atoms with Crippen LogP contribution in [0.1, 0.15) is 29.3 Å². The summed E-state index contributed by atoms with van der Waals surface area (Å²) in [5.74, 6) is -2.48. The van der Waals surface area contributed by atoms with Gasteiger partial charge >= 0.3 is 12.0 Å². The first kappa shape index (κ1) is 40.1. The maximum Gasteiger partial charge on any atom is 0.353 e. The SMILES string of the molecule is C[C@@H](O[Si](C)(C)C)[C@H]1C(=O)N(C(C(=O)O)=P(c2ccccc2)(c2ccccc2)c2ccccc2)[C@@H]1CC(=O)c1ccc(CN2CCN([Si](C)(C)C)C2=O)cc1. The molecule has 0 radical (unpaired) electrons. The third-order valence-electron chi connectivity index (χ3n) is 10.4. The molecule has 0 bridgehead atoms. The zero-order chi connectivity index (χ0) is 39.7. The summed E-state index contributed by atoms with van der Waals surface area (Å²) in [4.78, 5) is 59.3. The van der Waals surface area contributed by atoms with Crippen LogP contribution >= 0.6 is 6.89 Å². The van der Waals surface area contributed by atoms with Crippen molar-refractivity contribution in [2.24, 2.45) is 5.92 Å². The Balaban J connectivity index is 1.44. The Kier molecular flexibility index (Phi) is 11.6. The molecule has 55 heavy (non-hydrogen) atoms. The van der Waals surface area contributed by atoms with Crippen molar-refractivity contribution in [2.75, 3.05) is 13.1 Å². The van der Waals surface area contributed by atoms with Crippen LogP contribution in [-0.2, 0) is 20.6 Å². The van der Waals surface area contributed by atoms with E-state index in [4.69, 9.17) is 4.43 Å². The molecule has 2 aliphatic heterocycles. The molecule has 1 N–H and O–H groups in total. The van der Waals surface area contributed by atoms with E-state index in [1.165, 1.54) is 4.90 Å². The molecule has 12 heteroatoms. The van der Waals surface area contributed by atoms with Crippen LogP contribution < -0.4 is 15.9 Å². The van der Waals surface area contributed by atoms with Gasteiger partial charge in [0.2, 0.25) is 5.91 Å². The van der Waals surface area contributed by atoms with Gasteiger partial charge in [-0.15, -0.1) is 0 Å². The van der Waals surface area contributed by atoms with Gasteiger partial charge in [-0.3, -0.25) is 9.59 Å². The fourth-order valence-electron chi connectivity index (χ4n) is 8.04. The number of urea groups is 1. The lowest BCUT2D eigenvalue weighted by Gasteiger charge is -2.51. The Hall–Kier alpha value is -4.55. The summed E-state index contributed by atoms with van der Waals surface area (Å²) >= 11 is 0. The summed E-state index contributed by atoms with van der Waals surface area (Å²) < 4.78 is 8.48. The van der Waals surface area contributed by atoms with E-state index in [1.807, 2.05) is 120 Å². The molecule has 0 aliphatic carbocycles. The summed E-state index contributed by atoms with van der Waals surface area (Å²) in [6, 6.07) is 35.3. The smallest absolute Gasteiger partial charge is 0.353 e. The Labute approximate surface area is 327 Å². The van der Waals surface area contributed by atoms with E-state index in [1.54, 1.807) is 12.1 Å². The van der Waals surface area contributed by atoms with Gasteiger partial charge in [-0.1, -0.05) is 135 Å².